The quantitative estimate of drug-likeness (QED) is 0.932. The molecule has 1 aliphatic rings. The molecule has 0 radical (unpaired) electrons. The number of anilines is 1. The number of nitrogens with zero attached hydrogens (tertiary/aromatic N) is 2. The number of carbonyl (C=O) groups is 1. The van der Waals surface area contributed by atoms with Gasteiger partial charge < -0.3 is 19.5 Å². The summed E-state index contributed by atoms with van der Waals surface area (Å²) in [6.07, 6.45) is -0.143. The lowest BCUT2D eigenvalue weighted by Gasteiger charge is -2.30. The Morgan fingerprint density at radius 2 is 2.05 bits per heavy atom. The summed E-state index contributed by atoms with van der Waals surface area (Å²) < 4.78 is 11.6. The number of pyridine rings is 1. The predicted octanol–water partition coefficient (Wildman–Crippen LogP) is 2.06. The molecule has 2 aromatic rings. The number of aromatic nitrogens is 1. The molecule has 1 unspecified atom stereocenters. The normalized spacial score (nSPS) is 16.1. The molecule has 1 aliphatic heterocycles. The van der Waals surface area contributed by atoms with E-state index in [1.807, 2.05) is 36.2 Å². The molecule has 6 heteroatoms. The largest absolute Gasteiger partial charge is 0.486 e. The molecule has 1 aromatic heterocycles. The van der Waals surface area contributed by atoms with Crippen molar-refractivity contribution in [1.29, 1.82) is 0 Å². The van der Waals surface area contributed by atoms with E-state index < -0.39 is 5.97 Å². The highest BCUT2D eigenvalue weighted by Crippen LogP contribution is 2.31. The van der Waals surface area contributed by atoms with E-state index in [4.69, 9.17) is 14.6 Å². The summed E-state index contributed by atoms with van der Waals surface area (Å²) in [4.78, 5) is 16.9. The molecule has 1 N–H and O–H groups in total. The van der Waals surface area contributed by atoms with Crippen LogP contribution in [0.2, 0.25) is 0 Å². The van der Waals surface area contributed by atoms with Crippen molar-refractivity contribution < 1.29 is 19.4 Å². The zero-order valence-corrected chi connectivity index (χ0v) is 12.1. The number of ether oxygens (including phenoxy) is 2. The summed E-state index contributed by atoms with van der Waals surface area (Å²) in [6.45, 7) is 0.990. The zero-order valence-electron chi connectivity index (χ0n) is 12.1. The van der Waals surface area contributed by atoms with Gasteiger partial charge in [-0.15, -0.1) is 0 Å². The molecule has 0 saturated heterocycles. The molecule has 1 atom stereocenters. The number of fused-ring (bicyclic) bond motifs is 1. The van der Waals surface area contributed by atoms with Crippen molar-refractivity contribution >= 4 is 11.8 Å². The summed E-state index contributed by atoms with van der Waals surface area (Å²) in [5.41, 5.74) is 0.0236. The Labute approximate surface area is 127 Å². The van der Waals surface area contributed by atoms with Crippen molar-refractivity contribution in [3.63, 3.8) is 0 Å². The van der Waals surface area contributed by atoms with Crippen molar-refractivity contribution in [3.05, 3.63) is 48.2 Å². The lowest BCUT2D eigenvalue weighted by atomic mass is 10.2. The van der Waals surface area contributed by atoms with Crippen LogP contribution in [0.1, 0.15) is 10.5 Å². The minimum atomic E-state index is -1.04. The average molecular weight is 300 g/mol. The molecule has 114 valence electrons. The lowest BCUT2D eigenvalue weighted by molar-refractivity contribution is 0.0690. The van der Waals surface area contributed by atoms with Crippen LogP contribution in [0.3, 0.4) is 0 Å². The van der Waals surface area contributed by atoms with Crippen molar-refractivity contribution in [2.45, 2.75) is 6.10 Å². The first-order valence-corrected chi connectivity index (χ1v) is 6.93. The van der Waals surface area contributed by atoms with Gasteiger partial charge in [0.05, 0.1) is 6.54 Å². The Kier molecular flexibility index (Phi) is 3.82. The van der Waals surface area contributed by atoms with Gasteiger partial charge >= 0.3 is 5.97 Å². The molecule has 0 bridgehead atoms. The number of hydrogen-bond donors (Lipinski definition) is 1. The molecule has 3 rings (SSSR count). The van der Waals surface area contributed by atoms with Crippen molar-refractivity contribution in [2.24, 2.45) is 0 Å². The van der Waals surface area contributed by atoms with Gasteiger partial charge in [-0.3, -0.25) is 0 Å². The Hall–Kier alpha value is -2.76. The van der Waals surface area contributed by atoms with E-state index in [1.165, 1.54) is 6.07 Å². The van der Waals surface area contributed by atoms with Gasteiger partial charge in [0.25, 0.3) is 0 Å². The number of para-hydroxylation sites is 2. The molecule has 0 amide bonds. The van der Waals surface area contributed by atoms with Crippen LogP contribution in [0.15, 0.2) is 42.5 Å². The highest BCUT2D eigenvalue weighted by atomic mass is 16.6. The van der Waals surface area contributed by atoms with E-state index in [2.05, 4.69) is 4.98 Å². The Morgan fingerprint density at radius 1 is 1.27 bits per heavy atom. The first kappa shape index (κ1) is 14.2. The highest BCUT2D eigenvalue weighted by Gasteiger charge is 2.22. The van der Waals surface area contributed by atoms with E-state index in [9.17, 15) is 4.79 Å². The fourth-order valence-corrected chi connectivity index (χ4v) is 2.31. The SMILES string of the molecule is CN(CC1COc2ccccc2O1)c1cccc(C(=O)O)n1. The standard InChI is InChI=1S/C16H16N2O4/c1-18(15-8-4-5-12(17-15)16(19)20)9-11-10-21-13-6-2-3-7-14(13)22-11/h2-8,11H,9-10H2,1H3,(H,19,20). The third-order valence-corrected chi connectivity index (χ3v) is 3.39. The van der Waals surface area contributed by atoms with Gasteiger partial charge in [0.1, 0.15) is 12.4 Å². The third-order valence-electron chi connectivity index (χ3n) is 3.39. The minimum absolute atomic E-state index is 0.0236. The van der Waals surface area contributed by atoms with Crippen molar-refractivity contribution in [1.82, 2.24) is 4.98 Å². The molecule has 0 fully saturated rings. The fourth-order valence-electron chi connectivity index (χ4n) is 2.31. The minimum Gasteiger partial charge on any atom is -0.486 e. The van der Waals surface area contributed by atoms with Crippen molar-refractivity contribution in [2.75, 3.05) is 25.1 Å². The number of carboxylic acid groups (broad SMARTS) is 1. The third kappa shape index (κ3) is 2.95. The summed E-state index contributed by atoms with van der Waals surface area (Å²) in [7, 11) is 1.85. The van der Waals surface area contributed by atoms with Crippen LogP contribution in [0.4, 0.5) is 5.82 Å². The number of rotatable bonds is 4. The summed E-state index contributed by atoms with van der Waals surface area (Å²) in [5, 5.41) is 9.00. The van der Waals surface area contributed by atoms with E-state index in [0.29, 0.717) is 19.0 Å². The van der Waals surface area contributed by atoms with Crippen LogP contribution in [0.5, 0.6) is 11.5 Å². The molecule has 2 heterocycles. The first-order chi connectivity index (χ1) is 10.6. The van der Waals surface area contributed by atoms with Gasteiger partial charge in [0, 0.05) is 7.05 Å². The van der Waals surface area contributed by atoms with E-state index in [1.54, 1.807) is 12.1 Å². The van der Waals surface area contributed by atoms with Crippen LogP contribution in [0, 0.1) is 0 Å². The Morgan fingerprint density at radius 3 is 2.82 bits per heavy atom. The van der Waals surface area contributed by atoms with Crippen LogP contribution in [-0.4, -0.2) is 42.4 Å². The fraction of sp³-hybridized carbons (Fsp3) is 0.250. The molecule has 6 nitrogen and oxygen atoms in total. The first-order valence-electron chi connectivity index (χ1n) is 6.93. The monoisotopic (exact) mass is 300 g/mol. The molecule has 0 saturated carbocycles. The van der Waals surface area contributed by atoms with E-state index in [0.717, 1.165) is 11.5 Å². The maximum absolute atomic E-state index is 11.0. The zero-order chi connectivity index (χ0) is 15.5. The van der Waals surface area contributed by atoms with Gasteiger partial charge in [-0.25, -0.2) is 9.78 Å². The van der Waals surface area contributed by atoms with Crippen LogP contribution in [-0.2, 0) is 0 Å². The Bertz CT molecular complexity index is 689. The van der Waals surface area contributed by atoms with Crippen LogP contribution >= 0.6 is 0 Å². The number of aromatic carboxylic acids is 1. The predicted molar refractivity (Wildman–Crippen MR) is 80.8 cm³/mol. The second kappa shape index (κ2) is 5.93. The number of carboxylic acids is 1. The van der Waals surface area contributed by atoms with Gasteiger partial charge in [0.2, 0.25) is 0 Å². The number of benzene rings is 1. The molecule has 0 spiro atoms. The molecule has 22 heavy (non-hydrogen) atoms. The van der Waals surface area contributed by atoms with Crippen LogP contribution < -0.4 is 14.4 Å². The highest BCUT2D eigenvalue weighted by molar-refractivity contribution is 5.85. The van der Waals surface area contributed by atoms with E-state index >= 15 is 0 Å². The van der Waals surface area contributed by atoms with Crippen molar-refractivity contribution in [3.8, 4) is 11.5 Å². The lowest BCUT2D eigenvalue weighted by Crippen LogP contribution is -2.39. The molecular weight excluding hydrogens is 284 g/mol. The van der Waals surface area contributed by atoms with Gasteiger partial charge in [-0.2, -0.15) is 0 Å². The molecular formula is C16H16N2O4. The van der Waals surface area contributed by atoms with Gasteiger partial charge in [-0.1, -0.05) is 18.2 Å². The maximum atomic E-state index is 11.0. The summed E-state index contributed by atoms with van der Waals surface area (Å²) in [6, 6.07) is 12.4. The van der Waals surface area contributed by atoms with Gasteiger partial charge in [-0.05, 0) is 24.3 Å². The number of likely N-dealkylation sites (N-methyl/N-ethyl adjacent to an activating group) is 1. The smallest absolute Gasteiger partial charge is 0.354 e. The van der Waals surface area contributed by atoms with Gasteiger partial charge in [0.15, 0.2) is 23.3 Å². The topological polar surface area (TPSA) is 71.9 Å². The average Bonchev–Trinajstić information content (AvgIpc) is 2.55. The second-order valence-electron chi connectivity index (χ2n) is 5.06. The second-order valence-corrected chi connectivity index (χ2v) is 5.06. The molecule has 0 aliphatic carbocycles. The summed E-state index contributed by atoms with van der Waals surface area (Å²) in [5.74, 6) is 1.01. The van der Waals surface area contributed by atoms with E-state index in [-0.39, 0.29) is 11.8 Å². The van der Waals surface area contributed by atoms with Crippen LogP contribution in [0.25, 0.3) is 0 Å². The molecule has 1 aromatic carbocycles. The summed E-state index contributed by atoms with van der Waals surface area (Å²) >= 11 is 0. The number of hydrogen-bond acceptors (Lipinski definition) is 5. The Balaban J connectivity index is 1.69. The maximum Gasteiger partial charge on any atom is 0.354 e.